The SMILES string of the molecule is Cn1nc(SCC2(CC(=O)O)CC2)c(=O)n(C)c1=O. The number of hydrogen-bond donors (Lipinski definition) is 1. The van der Waals surface area contributed by atoms with Crippen LogP contribution in [0, 0.1) is 5.41 Å². The van der Waals surface area contributed by atoms with E-state index in [0.717, 1.165) is 22.1 Å². The van der Waals surface area contributed by atoms with E-state index in [1.54, 1.807) is 0 Å². The average Bonchev–Trinajstić information content (AvgIpc) is 3.09. The summed E-state index contributed by atoms with van der Waals surface area (Å²) in [4.78, 5) is 34.1. The molecule has 2 rings (SSSR count). The maximum absolute atomic E-state index is 11.9. The van der Waals surface area contributed by atoms with Crippen LogP contribution >= 0.6 is 11.8 Å². The molecule has 1 aliphatic rings. The zero-order valence-electron chi connectivity index (χ0n) is 10.8. The van der Waals surface area contributed by atoms with Gasteiger partial charge in [0.15, 0.2) is 5.03 Å². The van der Waals surface area contributed by atoms with Gasteiger partial charge in [-0.05, 0) is 18.3 Å². The predicted octanol–water partition coefficient (Wildman–Crippen LogP) is -0.174. The van der Waals surface area contributed by atoms with Crippen molar-refractivity contribution < 1.29 is 9.90 Å². The second kappa shape index (κ2) is 4.84. The quantitative estimate of drug-likeness (QED) is 0.755. The number of thioether (sulfide) groups is 1. The van der Waals surface area contributed by atoms with Gasteiger partial charge in [0.1, 0.15) is 0 Å². The van der Waals surface area contributed by atoms with Crippen molar-refractivity contribution in [3.05, 3.63) is 20.8 Å². The van der Waals surface area contributed by atoms with Crippen LogP contribution in [-0.4, -0.2) is 31.2 Å². The molecule has 0 bridgehead atoms. The molecule has 1 heterocycles. The summed E-state index contributed by atoms with van der Waals surface area (Å²) in [6.45, 7) is 0. The van der Waals surface area contributed by atoms with Gasteiger partial charge < -0.3 is 5.11 Å². The van der Waals surface area contributed by atoms with E-state index >= 15 is 0 Å². The molecule has 1 aliphatic carbocycles. The Morgan fingerprint density at radius 2 is 2.05 bits per heavy atom. The van der Waals surface area contributed by atoms with Crippen LogP contribution in [0.4, 0.5) is 0 Å². The number of hydrogen-bond acceptors (Lipinski definition) is 5. The van der Waals surface area contributed by atoms with Gasteiger partial charge in [0, 0.05) is 19.8 Å². The van der Waals surface area contributed by atoms with Crippen molar-refractivity contribution >= 4 is 17.7 Å². The molecule has 0 amide bonds. The topological polar surface area (TPSA) is 94.2 Å². The van der Waals surface area contributed by atoms with Crippen LogP contribution in [0.25, 0.3) is 0 Å². The molecule has 8 heteroatoms. The number of carboxylic acids is 1. The molecule has 0 aromatic carbocycles. The van der Waals surface area contributed by atoms with E-state index in [0.29, 0.717) is 5.75 Å². The van der Waals surface area contributed by atoms with E-state index in [4.69, 9.17) is 5.11 Å². The summed E-state index contributed by atoms with van der Waals surface area (Å²) in [7, 11) is 2.89. The highest BCUT2D eigenvalue weighted by Crippen LogP contribution is 2.51. The van der Waals surface area contributed by atoms with Crippen molar-refractivity contribution in [1.29, 1.82) is 0 Å². The van der Waals surface area contributed by atoms with Gasteiger partial charge in [-0.3, -0.25) is 14.2 Å². The number of carboxylic acid groups (broad SMARTS) is 1. The lowest BCUT2D eigenvalue weighted by Gasteiger charge is -2.11. The van der Waals surface area contributed by atoms with Crippen molar-refractivity contribution in [2.24, 2.45) is 19.5 Å². The first-order valence-electron chi connectivity index (χ1n) is 5.84. The first-order valence-corrected chi connectivity index (χ1v) is 6.82. The zero-order valence-corrected chi connectivity index (χ0v) is 11.6. The Kier molecular flexibility index (Phi) is 3.53. The summed E-state index contributed by atoms with van der Waals surface area (Å²) in [5.74, 6) is -0.279. The van der Waals surface area contributed by atoms with Gasteiger partial charge in [-0.15, -0.1) is 0 Å². The summed E-state index contributed by atoms with van der Waals surface area (Å²) in [6, 6.07) is 0. The van der Waals surface area contributed by atoms with Crippen LogP contribution in [0.15, 0.2) is 14.6 Å². The molecule has 1 fully saturated rings. The first-order chi connectivity index (χ1) is 8.84. The standard InChI is InChI=1S/C11H15N3O4S/c1-13-9(17)8(12-14(2)10(13)18)19-6-11(3-4-11)5-7(15)16/h3-6H2,1-2H3,(H,15,16). The van der Waals surface area contributed by atoms with Crippen LogP contribution < -0.4 is 11.2 Å². The van der Waals surface area contributed by atoms with E-state index in [1.807, 2.05) is 0 Å². The molecule has 0 spiro atoms. The lowest BCUT2D eigenvalue weighted by molar-refractivity contribution is -0.138. The van der Waals surface area contributed by atoms with Gasteiger partial charge in [-0.25, -0.2) is 9.48 Å². The summed E-state index contributed by atoms with van der Waals surface area (Å²) in [5.41, 5.74) is -1.11. The van der Waals surface area contributed by atoms with Crippen LogP contribution in [0.2, 0.25) is 0 Å². The Bertz CT molecular complexity index is 630. The monoisotopic (exact) mass is 285 g/mol. The minimum Gasteiger partial charge on any atom is -0.481 e. The zero-order chi connectivity index (χ0) is 14.2. The summed E-state index contributed by atoms with van der Waals surface area (Å²) >= 11 is 1.23. The van der Waals surface area contributed by atoms with Crippen LogP contribution in [-0.2, 0) is 18.9 Å². The third-order valence-electron chi connectivity index (χ3n) is 3.29. The Morgan fingerprint density at radius 3 is 2.58 bits per heavy atom. The third kappa shape index (κ3) is 2.89. The Hall–Kier alpha value is -1.57. The highest BCUT2D eigenvalue weighted by molar-refractivity contribution is 7.99. The summed E-state index contributed by atoms with van der Waals surface area (Å²) in [5, 5.41) is 13.0. The van der Waals surface area contributed by atoms with Crippen molar-refractivity contribution in [3.63, 3.8) is 0 Å². The number of aryl methyl sites for hydroxylation is 1. The summed E-state index contributed by atoms with van der Waals surface area (Å²) in [6.07, 6.45) is 1.84. The number of rotatable bonds is 5. The molecule has 1 N–H and O–H groups in total. The number of aliphatic carboxylic acids is 1. The second-order valence-corrected chi connectivity index (χ2v) is 5.90. The average molecular weight is 285 g/mol. The van der Waals surface area contributed by atoms with E-state index in [1.165, 1.54) is 25.9 Å². The highest BCUT2D eigenvalue weighted by atomic mass is 32.2. The summed E-state index contributed by atoms with van der Waals surface area (Å²) < 4.78 is 2.12. The predicted molar refractivity (Wildman–Crippen MR) is 69.4 cm³/mol. The van der Waals surface area contributed by atoms with Crippen molar-refractivity contribution in [1.82, 2.24) is 14.3 Å². The molecule has 1 saturated carbocycles. The number of nitrogens with zero attached hydrogens (tertiary/aromatic N) is 3. The van der Waals surface area contributed by atoms with Crippen molar-refractivity contribution in [2.45, 2.75) is 24.3 Å². The number of aromatic nitrogens is 3. The molecule has 0 saturated heterocycles. The molecular formula is C11H15N3O4S. The van der Waals surface area contributed by atoms with E-state index < -0.39 is 17.2 Å². The largest absolute Gasteiger partial charge is 0.481 e. The highest BCUT2D eigenvalue weighted by Gasteiger charge is 2.44. The van der Waals surface area contributed by atoms with E-state index in [9.17, 15) is 14.4 Å². The smallest absolute Gasteiger partial charge is 0.346 e. The lowest BCUT2D eigenvalue weighted by Crippen LogP contribution is -2.39. The minimum absolute atomic E-state index is 0.117. The Labute approximate surface area is 113 Å². The molecule has 0 aliphatic heterocycles. The van der Waals surface area contributed by atoms with Gasteiger partial charge in [-0.1, -0.05) is 11.8 Å². The van der Waals surface area contributed by atoms with Gasteiger partial charge in [0.2, 0.25) is 0 Å². The van der Waals surface area contributed by atoms with Gasteiger partial charge in [-0.2, -0.15) is 5.10 Å². The molecule has 1 aromatic rings. The Morgan fingerprint density at radius 1 is 1.42 bits per heavy atom. The molecule has 1 aromatic heterocycles. The molecule has 7 nitrogen and oxygen atoms in total. The second-order valence-electron chi connectivity index (χ2n) is 4.93. The maximum atomic E-state index is 11.9. The fourth-order valence-electron chi connectivity index (χ4n) is 1.85. The number of carbonyl (C=O) groups is 1. The lowest BCUT2D eigenvalue weighted by atomic mass is 10.1. The molecular weight excluding hydrogens is 270 g/mol. The molecule has 104 valence electrons. The molecule has 0 atom stereocenters. The normalized spacial score (nSPS) is 16.3. The van der Waals surface area contributed by atoms with Crippen LogP contribution in [0.1, 0.15) is 19.3 Å². The molecule has 0 radical (unpaired) electrons. The minimum atomic E-state index is -0.820. The Balaban J connectivity index is 2.15. The fourth-order valence-corrected chi connectivity index (χ4v) is 3.13. The van der Waals surface area contributed by atoms with Crippen LogP contribution in [0.5, 0.6) is 0 Å². The maximum Gasteiger partial charge on any atom is 0.346 e. The van der Waals surface area contributed by atoms with Gasteiger partial charge >= 0.3 is 11.7 Å². The van der Waals surface area contributed by atoms with Crippen molar-refractivity contribution in [3.8, 4) is 0 Å². The van der Waals surface area contributed by atoms with Crippen molar-refractivity contribution in [2.75, 3.05) is 5.75 Å². The van der Waals surface area contributed by atoms with Gasteiger partial charge in [0.25, 0.3) is 5.56 Å². The van der Waals surface area contributed by atoms with E-state index in [-0.39, 0.29) is 16.9 Å². The third-order valence-corrected chi connectivity index (χ3v) is 4.58. The van der Waals surface area contributed by atoms with E-state index in [2.05, 4.69) is 5.10 Å². The molecule has 19 heavy (non-hydrogen) atoms. The molecule has 0 unspecified atom stereocenters. The van der Waals surface area contributed by atoms with Gasteiger partial charge in [0.05, 0.1) is 6.42 Å². The fraction of sp³-hybridized carbons (Fsp3) is 0.636. The van der Waals surface area contributed by atoms with Crippen LogP contribution in [0.3, 0.4) is 0 Å². The first kappa shape index (κ1) is 13.9.